The number of urea groups is 1. The van der Waals surface area contributed by atoms with Crippen molar-refractivity contribution < 1.29 is 9.53 Å². The molecule has 28 heavy (non-hydrogen) atoms. The summed E-state index contributed by atoms with van der Waals surface area (Å²) in [5.74, 6) is 1.55. The van der Waals surface area contributed by atoms with Crippen LogP contribution in [-0.4, -0.2) is 69.3 Å². The number of nitrogens with zero attached hydrogens (tertiary/aromatic N) is 6. The van der Waals surface area contributed by atoms with Crippen molar-refractivity contribution in [3.8, 4) is 11.4 Å². The molecule has 3 heterocycles. The highest BCUT2D eigenvalue weighted by Crippen LogP contribution is 2.17. The standard InChI is InChI=1S/C18H21N7O2S/c1-27-15-6-4-14(5-7-15)25-16(20-21-22-25)13-23-8-10-24(11-9-23)18(26)19-17-3-2-12-28-17/h2-7,12H,8-11,13H2,1H3,(H,19,26). The Bertz CT molecular complexity index is 902. The predicted octanol–water partition coefficient (Wildman–Crippen LogP) is 2.08. The summed E-state index contributed by atoms with van der Waals surface area (Å²) in [6.45, 7) is 3.50. The quantitative estimate of drug-likeness (QED) is 0.707. The first-order chi connectivity index (χ1) is 13.7. The van der Waals surface area contributed by atoms with Crippen LogP contribution in [0.4, 0.5) is 9.80 Å². The fourth-order valence-electron chi connectivity index (χ4n) is 3.07. The number of amides is 2. The van der Waals surface area contributed by atoms with Crippen LogP contribution < -0.4 is 10.1 Å². The van der Waals surface area contributed by atoms with Gasteiger partial charge >= 0.3 is 6.03 Å². The van der Waals surface area contributed by atoms with Gasteiger partial charge in [0, 0.05) is 26.2 Å². The molecule has 2 amide bonds. The van der Waals surface area contributed by atoms with Crippen LogP contribution in [0.2, 0.25) is 0 Å². The smallest absolute Gasteiger partial charge is 0.322 e. The molecular formula is C18H21N7O2S. The minimum atomic E-state index is -0.0508. The molecule has 0 spiro atoms. The highest BCUT2D eigenvalue weighted by molar-refractivity contribution is 7.14. The van der Waals surface area contributed by atoms with E-state index in [9.17, 15) is 4.79 Å². The second-order valence-corrected chi connectivity index (χ2v) is 7.32. The highest BCUT2D eigenvalue weighted by atomic mass is 32.1. The summed E-state index contributed by atoms with van der Waals surface area (Å²) in [4.78, 5) is 16.4. The van der Waals surface area contributed by atoms with Crippen molar-refractivity contribution in [2.24, 2.45) is 0 Å². The summed E-state index contributed by atoms with van der Waals surface area (Å²) in [6, 6.07) is 11.4. The number of aromatic nitrogens is 4. The molecule has 0 radical (unpaired) electrons. The number of hydrogen-bond donors (Lipinski definition) is 1. The van der Waals surface area contributed by atoms with Crippen LogP contribution in [0.3, 0.4) is 0 Å². The lowest BCUT2D eigenvalue weighted by molar-refractivity contribution is 0.140. The molecule has 3 aromatic rings. The van der Waals surface area contributed by atoms with Crippen LogP contribution in [0.25, 0.3) is 5.69 Å². The third-order valence-electron chi connectivity index (χ3n) is 4.63. The Hall–Kier alpha value is -2.98. The van der Waals surface area contributed by atoms with Crippen LogP contribution in [0.1, 0.15) is 5.82 Å². The van der Waals surface area contributed by atoms with Gasteiger partial charge in [-0.2, -0.15) is 4.68 Å². The summed E-state index contributed by atoms with van der Waals surface area (Å²) < 4.78 is 6.93. The van der Waals surface area contributed by atoms with Gasteiger partial charge in [0.2, 0.25) is 0 Å². The molecular weight excluding hydrogens is 378 g/mol. The monoisotopic (exact) mass is 399 g/mol. The molecule has 1 N–H and O–H groups in total. The number of benzene rings is 1. The number of anilines is 1. The number of carbonyl (C=O) groups excluding carboxylic acids is 1. The first-order valence-corrected chi connectivity index (χ1v) is 9.84. The Balaban J connectivity index is 1.34. The fourth-order valence-corrected chi connectivity index (χ4v) is 3.68. The number of tetrazole rings is 1. The maximum Gasteiger partial charge on any atom is 0.322 e. The Morgan fingerprint density at radius 2 is 1.96 bits per heavy atom. The van der Waals surface area contributed by atoms with Crippen molar-refractivity contribution in [1.29, 1.82) is 0 Å². The zero-order chi connectivity index (χ0) is 19.3. The van der Waals surface area contributed by atoms with E-state index in [2.05, 4.69) is 25.7 Å². The zero-order valence-corrected chi connectivity index (χ0v) is 16.3. The van der Waals surface area contributed by atoms with Gasteiger partial charge in [-0.05, 0) is 52.2 Å². The normalized spacial score (nSPS) is 14.8. The number of hydrogen-bond acceptors (Lipinski definition) is 7. The van der Waals surface area contributed by atoms with Crippen LogP contribution in [-0.2, 0) is 6.54 Å². The van der Waals surface area contributed by atoms with Crippen LogP contribution in [0.15, 0.2) is 41.8 Å². The van der Waals surface area contributed by atoms with E-state index < -0.39 is 0 Å². The van der Waals surface area contributed by atoms with E-state index >= 15 is 0 Å². The van der Waals surface area contributed by atoms with E-state index in [4.69, 9.17) is 4.74 Å². The van der Waals surface area contributed by atoms with Gasteiger partial charge in [-0.1, -0.05) is 0 Å². The number of thiophene rings is 1. The molecule has 10 heteroatoms. The summed E-state index contributed by atoms with van der Waals surface area (Å²) in [5.41, 5.74) is 0.884. The average molecular weight is 399 g/mol. The Labute approximate surface area is 166 Å². The Morgan fingerprint density at radius 1 is 1.18 bits per heavy atom. The molecule has 1 saturated heterocycles. The lowest BCUT2D eigenvalue weighted by Gasteiger charge is -2.34. The van der Waals surface area contributed by atoms with E-state index in [1.807, 2.05) is 46.7 Å². The number of carbonyl (C=O) groups is 1. The van der Waals surface area contributed by atoms with Gasteiger partial charge in [0.25, 0.3) is 0 Å². The third-order valence-corrected chi connectivity index (χ3v) is 5.41. The van der Waals surface area contributed by atoms with E-state index in [-0.39, 0.29) is 6.03 Å². The largest absolute Gasteiger partial charge is 0.497 e. The number of ether oxygens (including phenoxy) is 1. The topological polar surface area (TPSA) is 88.4 Å². The van der Waals surface area contributed by atoms with Crippen molar-refractivity contribution >= 4 is 22.4 Å². The van der Waals surface area contributed by atoms with E-state index in [1.165, 1.54) is 11.3 Å². The first-order valence-electron chi connectivity index (χ1n) is 8.96. The second-order valence-electron chi connectivity index (χ2n) is 6.38. The molecule has 1 aliphatic rings. The van der Waals surface area contributed by atoms with Gasteiger partial charge < -0.3 is 9.64 Å². The summed E-state index contributed by atoms with van der Waals surface area (Å²) in [5, 5.41) is 17.8. The zero-order valence-electron chi connectivity index (χ0n) is 15.5. The lowest BCUT2D eigenvalue weighted by Crippen LogP contribution is -2.49. The maximum atomic E-state index is 12.3. The predicted molar refractivity (Wildman–Crippen MR) is 106 cm³/mol. The van der Waals surface area contributed by atoms with Crippen molar-refractivity contribution in [2.45, 2.75) is 6.54 Å². The summed E-state index contributed by atoms with van der Waals surface area (Å²) in [7, 11) is 1.64. The number of piperazine rings is 1. The Kier molecular flexibility index (Phi) is 5.49. The second kappa shape index (κ2) is 8.36. The van der Waals surface area contributed by atoms with Crippen molar-refractivity contribution in [2.75, 3.05) is 38.6 Å². The van der Waals surface area contributed by atoms with Gasteiger partial charge in [0.1, 0.15) is 5.75 Å². The van der Waals surface area contributed by atoms with Crippen molar-refractivity contribution in [3.63, 3.8) is 0 Å². The molecule has 1 aromatic carbocycles. The maximum absolute atomic E-state index is 12.3. The third kappa shape index (κ3) is 4.12. The minimum absolute atomic E-state index is 0.0508. The lowest BCUT2D eigenvalue weighted by atomic mass is 10.3. The molecule has 2 aromatic heterocycles. The number of methoxy groups -OCH3 is 1. The van der Waals surface area contributed by atoms with Crippen molar-refractivity contribution in [1.82, 2.24) is 30.0 Å². The highest BCUT2D eigenvalue weighted by Gasteiger charge is 2.23. The van der Waals surface area contributed by atoms with E-state index in [0.717, 1.165) is 35.4 Å². The molecule has 1 aliphatic heterocycles. The van der Waals surface area contributed by atoms with Gasteiger partial charge in [-0.3, -0.25) is 10.2 Å². The molecule has 9 nitrogen and oxygen atoms in total. The van der Waals surface area contributed by atoms with Crippen molar-refractivity contribution in [3.05, 3.63) is 47.6 Å². The molecule has 1 fully saturated rings. The van der Waals surface area contributed by atoms with E-state index in [0.29, 0.717) is 19.6 Å². The molecule has 0 aliphatic carbocycles. The van der Waals surface area contributed by atoms with Crippen LogP contribution in [0.5, 0.6) is 5.75 Å². The fraction of sp³-hybridized carbons (Fsp3) is 0.333. The van der Waals surface area contributed by atoms with Gasteiger partial charge in [0.15, 0.2) is 5.82 Å². The number of rotatable bonds is 5. The summed E-state index contributed by atoms with van der Waals surface area (Å²) in [6.07, 6.45) is 0. The van der Waals surface area contributed by atoms with Gasteiger partial charge in [-0.15, -0.1) is 16.4 Å². The molecule has 4 rings (SSSR count). The molecule has 0 bridgehead atoms. The minimum Gasteiger partial charge on any atom is -0.497 e. The van der Waals surface area contributed by atoms with Gasteiger partial charge in [-0.25, -0.2) is 4.79 Å². The molecule has 0 unspecified atom stereocenters. The summed E-state index contributed by atoms with van der Waals surface area (Å²) >= 11 is 1.52. The Morgan fingerprint density at radius 3 is 2.64 bits per heavy atom. The molecule has 0 atom stereocenters. The number of nitrogens with one attached hydrogen (secondary N) is 1. The van der Waals surface area contributed by atoms with E-state index in [1.54, 1.807) is 11.8 Å². The SMILES string of the molecule is COc1ccc(-n2nnnc2CN2CCN(C(=O)Nc3cccs3)CC2)cc1. The average Bonchev–Trinajstić information content (AvgIpc) is 3.41. The molecule has 146 valence electrons. The van der Waals surface area contributed by atoms with Crippen LogP contribution in [0, 0.1) is 0 Å². The first kappa shape index (κ1) is 18.4. The molecule has 0 saturated carbocycles. The van der Waals surface area contributed by atoms with Crippen LogP contribution >= 0.6 is 11.3 Å². The van der Waals surface area contributed by atoms with Gasteiger partial charge in [0.05, 0.1) is 24.3 Å².